The zero-order valence-electron chi connectivity index (χ0n) is 16.8. The van der Waals surface area contributed by atoms with Crippen LogP contribution in [-0.2, 0) is 10.0 Å². The van der Waals surface area contributed by atoms with Crippen LogP contribution in [0.4, 0.5) is 0 Å². The van der Waals surface area contributed by atoms with E-state index in [2.05, 4.69) is 9.71 Å². The van der Waals surface area contributed by atoms with E-state index in [1.54, 1.807) is 37.9 Å². The lowest BCUT2D eigenvalue weighted by molar-refractivity contribution is 0.138. The molecule has 0 aliphatic heterocycles. The van der Waals surface area contributed by atoms with Gasteiger partial charge in [0.15, 0.2) is 11.5 Å². The lowest BCUT2D eigenvalue weighted by Gasteiger charge is -2.30. The van der Waals surface area contributed by atoms with Crippen molar-refractivity contribution in [2.75, 3.05) is 14.2 Å². The smallest absolute Gasteiger partial charge is 0.240 e. The number of fused-ring (bicyclic) bond motifs is 1. The van der Waals surface area contributed by atoms with Gasteiger partial charge in [0, 0.05) is 6.04 Å². The summed E-state index contributed by atoms with van der Waals surface area (Å²) in [7, 11) is -0.401. The molecule has 0 amide bonds. The van der Waals surface area contributed by atoms with Crippen LogP contribution < -0.4 is 18.9 Å². The molecule has 7 nitrogen and oxygen atoms in total. The van der Waals surface area contributed by atoms with E-state index in [9.17, 15) is 8.42 Å². The van der Waals surface area contributed by atoms with E-state index in [1.165, 1.54) is 11.3 Å². The molecule has 9 heteroatoms. The van der Waals surface area contributed by atoms with Gasteiger partial charge >= 0.3 is 0 Å². The van der Waals surface area contributed by atoms with Gasteiger partial charge in [-0.15, -0.1) is 11.3 Å². The summed E-state index contributed by atoms with van der Waals surface area (Å²) >= 11 is 1.43. The molecule has 0 bridgehead atoms. The average Bonchev–Trinajstić information content (AvgIpc) is 3.22. The predicted molar refractivity (Wildman–Crippen MR) is 116 cm³/mol. The van der Waals surface area contributed by atoms with Crippen molar-refractivity contribution in [2.24, 2.45) is 0 Å². The third-order valence-corrected chi connectivity index (χ3v) is 7.58. The van der Waals surface area contributed by atoms with Gasteiger partial charge in [-0.2, -0.15) is 0 Å². The Hall–Kier alpha value is -2.36. The van der Waals surface area contributed by atoms with Gasteiger partial charge in [-0.3, -0.25) is 0 Å². The largest absolute Gasteiger partial charge is 0.493 e. The molecule has 0 radical (unpaired) electrons. The number of benzene rings is 2. The Morgan fingerprint density at radius 1 is 1.03 bits per heavy atom. The number of aromatic nitrogens is 1. The fraction of sp³-hybridized carbons (Fsp3) is 0.381. The maximum atomic E-state index is 12.8. The third-order valence-electron chi connectivity index (χ3n) is 5.27. The first kappa shape index (κ1) is 20.9. The first-order chi connectivity index (χ1) is 14.5. The second kappa shape index (κ2) is 8.79. The Morgan fingerprint density at radius 3 is 2.53 bits per heavy atom. The molecule has 2 aromatic carbocycles. The molecular weight excluding hydrogens is 424 g/mol. The van der Waals surface area contributed by atoms with Crippen LogP contribution in [0.5, 0.6) is 17.2 Å². The number of nitrogens with one attached hydrogen (secondary N) is 1. The zero-order chi connectivity index (χ0) is 21.1. The van der Waals surface area contributed by atoms with Crippen LogP contribution in [0.15, 0.2) is 46.8 Å². The minimum absolute atomic E-state index is 0.000281. The molecule has 160 valence electrons. The van der Waals surface area contributed by atoms with Gasteiger partial charge in [0.25, 0.3) is 0 Å². The molecule has 0 atom stereocenters. The van der Waals surface area contributed by atoms with E-state index in [0.717, 1.165) is 23.1 Å². The highest BCUT2D eigenvalue weighted by Crippen LogP contribution is 2.38. The normalized spacial score (nSPS) is 19.5. The van der Waals surface area contributed by atoms with E-state index >= 15 is 0 Å². The Bertz CT molecular complexity index is 1120. The summed E-state index contributed by atoms with van der Waals surface area (Å²) in [6, 6.07) is 10.4. The second-order valence-electron chi connectivity index (χ2n) is 7.19. The number of ether oxygens (including phenoxy) is 3. The highest BCUT2D eigenvalue weighted by Gasteiger charge is 2.27. The molecule has 0 unspecified atom stereocenters. The Morgan fingerprint density at radius 2 is 1.80 bits per heavy atom. The van der Waals surface area contributed by atoms with Crippen molar-refractivity contribution in [2.45, 2.75) is 42.7 Å². The minimum Gasteiger partial charge on any atom is -0.493 e. The predicted octanol–water partition coefficient (Wildman–Crippen LogP) is 3.98. The number of methoxy groups -OCH3 is 2. The molecule has 1 aliphatic carbocycles. The van der Waals surface area contributed by atoms with Crippen molar-refractivity contribution in [1.82, 2.24) is 9.71 Å². The molecule has 1 N–H and O–H groups in total. The van der Waals surface area contributed by atoms with Crippen LogP contribution in [0.3, 0.4) is 0 Å². The van der Waals surface area contributed by atoms with Gasteiger partial charge in [-0.05, 0) is 56.0 Å². The van der Waals surface area contributed by atoms with Gasteiger partial charge in [-0.1, -0.05) is 6.07 Å². The van der Waals surface area contributed by atoms with E-state index in [1.807, 2.05) is 18.2 Å². The lowest BCUT2D eigenvalue weighted by atomic mass is 9.93. The molecule has 1 fully saturated rings. The molecular formula is C21H24N2O5S2. The van der Waals surface area contributed by atoms with Gasteiger partial charge in [-0.25, -0.2) is 18.1 Å². The average molecular weight is 449 g/mol. The molecule has 4 rings (SSSR count). The number of hydrogen-bond acceptors (Lipinski definition) is 7. The summed E-state index contributed by atoms with van der Waals surface area (Å²) in [6.07, 6.45) is 2.92. The first-order valence-corrected chi connectivity index (χ1v) is 12.1. The quantitative estimate of drug-likeness (QED) is 0.588. The van der Waals surface area contributed by atoms with Crippen LogP contribution in [0.2, 0.25) is 0 Å². The van der Waals surface area contributed by atoms with E-state index in [4.69, 9.17) is 14.2 Å². The number of thiazole rings is 1. The van der Waals surface area contributed by atoms with Gasteiger partial charge in [0.2, 0.25) is 15.8 Å². The lowest BCUT2D eigenvalue weighted by Crippen LogP contribution is -2.39. The number of sulfonamides is 1. The van der Waals surface area contributed by atoms with Gasteiger partial charge < -0.3 is 14.2 Å². The topological polar surface area (TPSA) is 86.8 Å². The van der Waals surface area contributed by atoms with Crippen molar-refractivity contribution >= 4 is 31.6 Å². The molecule has 1 saturated carbocycles. The summed E-state index contributed by atoms with van der Waals surface area (Å²) in [5.41, 5.74) is 2.53. The summed E-state index contributed by atoms with van der Waals surface area (Å²) in [5, 5.41) is 0. The third kappa shape index (κ3) is 4.38. The number of hydrogen-bond donors (Lipinski definition) is 1. The number of rotatable bonds is 7. The SMILES string of the molecule is COc1cccc(OC2CCC(NS(=O)(=O)c3ccc4ncsc4c3)CC2)c1OC. The number of para-hydroxylation sites is 1. The van der Waals surface area contributed by atoms with E-state index in [0.29, 0.717) is 30.1 Å². The van der Waals surface area contributed by atoms with Crippen LogP contribution >= 0.6 is 11.3 Å². The first-order valence-electron chi connectivity index (χ1n) is 9.73. The number of nitrogens with zero attached hydrogens (tertiary/aromatic N) is 1. The van der Waals surface area contributed by atoms with Crippen LogP contribution in [0, 0.1) is 0 Å². The second-order valence-corrected chi connectivity index (χ2v) is 9.79. The van der Waals surface area contributed by atoms with Crippen LogP contribution in [0.25, 0.3) is 10.2 Å². The van der Waals surface area contributed by atoms with Crippen molar-refractivity contribution in [3.05, 3.63) is 41.9 Å². The molecule has 30 heavy (non-hydrogen) atoms. The van der Waals surface area contributed by atoms with Crippen LogP contribution in [-0.4, -0.2) is 39.8 Å². The summed E-state index contributed by atoms with van der Waals surface area (Å²) in [6.45, 7) is 0. The van der Waals surface area contributed by atoms with Crippen molar-refractivity contribution < 1.29 is 22.6 Å². The molecule has 3 aromatic rings. The van der Waals surface area contributed by atoms with Gasteiger partial charge in [0.05, 0.1) is 40.9 Å². The standard InChI is InChI=1S/C21H24N2O5S2/c1-26-18-4-3-5-19(21(18)27-2)28-15-8-6-14(7-9-15)23-30(24,25)16-10-11-17-20(12-16)29-13-22-17/h3-5,10-15,23H,6-9H2,1-2H3. The van der Waals surface area contributed by atoms with Crippen molar-refractivity contribution in [3.63, 3.8) is 0 Å². The summed E-state index contributed by atoms with van der Waals surface area (Å²) in [5.74, 6) is 1.83. The highest BCUT2D eigenvalue weighted by atomic mass is 32.2. The zero-order valence-corrected chi connectivity index (χ0v) is 18.5. The van der Waals surface area contributed by atoms with E-state index < -0.39 is 10.0 Å². The van der Waals surface area contributed by atoms with Crippen molar-refractivity contribution in [3.8, 4) is 17.2 Å². The Balaban J connectivity index is 1.38. The highest BCUT2D eigenvalue weighted by molar-refractivity contribution is 7.89. The van der Waals surface area contributed by atoms with Crippen molar-refractivity contribution in [1.29, 1.82) is 0 Å². The van der Waals surface area contributed by atoms with E-state index in [-0.39, 0.29) is 17.0 Å². The maximum Gasteiger partial charge on any atom is 0.240 e. The fourth-order valence-corrected chi connectivity index (χ4v) is 5.84. The monoisotopic (exact) mass is 448 g/mol. The molecule has 0 spiro atoms. The Labute approximate surface area is 180 Å². The Kier molecular flexibility index (Phi) is 6.12. The fourth-order valence-electron chi connectivity index (χ4n) is 3.72. The van der Waals surface area contributed by atoms with Crippen LogP contribution in [0.1, 0.15) is 25.7 Å². The minimum atomic E-state index is -3.57. The summed E-state index contributed by atoms with van der Waals surface area (Å²) < 4.78 is 46.2. The molecule has 0 saturated heterocycles. The molecule has 1 aromatic heterocycles. The maximum absolute atomic E-state index is 12.8. The molecule has 1 heterocycles. The molecule has 1 aliphatic rings. The van der Waals surface area contributed by atoms with Gasteiger partial charge in [0.1, 0.15) is 0 Å². The summed E-state index contributed by atoms with van der Waals surface area (Å²) in [4.78, 5) is 4.47.